The fraction of sp³-hybridized carbons (Fsp3) is 0.375. The number of benzene rings is 1. The second-order valence-electron chi connectivity index (χ2n) is 9.32. The molecule has 0 unspecified atom stereocenters. The first-order chi connectivity index (χ1) is 16.9. The van der Waals surface area contributed by atoms with Gasteiger partial charge in [0.15, 0.2) is 5.65 Å². The summed E-state index contributed by atoms with van der Waals surface area (Å²) in [5.41, 5.74) is 9.60. The summed E-state index contributed by atoms with van der Waals surface area (Å²) in [6, 6.07) is 9.93. The number of ether oxygens (including phenoxy) is 1. The average Bonchev–Trinajstić information content (AvgIpc) is 3.66. The van der Waals surface area contributed by atoms with E-state index in [9.17, 15) is 8.42 Å². The average molecular weight is 488 g/mol. The summed E-state index contributed by atoms with van der Waals surface area (Å²) >= 11 is 0. The minimum atomic E-state index is -3.13. The van der Waals surface area contributed by atoms with Crippen molar-refractivity contribution >= 4 is 45.7 Å². The summed E-state index contributed by atoms with van der Waals surface area (Å²) in [5.74, 6) is 0.738. The van der Waals surface area contributed by atoms with E-state index in [2.05, 4.69) is 15.1 Å². The van der Waals surface area contributed by atoms with Crippen LogP contribution in [-0.2, 0) is 10.0 Å². The van der Waals surface area contributed by atoms with E-state index in [-0.39, 0.29) is 28.3 Å². The van der Waals surface area contributed by atoms with Crippen LogP contribution in [0, 0.1) is 5.92 Å². The van der Waals surface area contributed by atoms with Gasteiger partial charge in [-0.05, 0) is 43.7 Å². The van der Waals surface area contributed by atoms with Crippen molar-refractivity contribution in [2.24, 2.45) is 5.92 Å². The third-order valence-electron chi connectivity index (χ3n) is 6.92. The van der Waals surface area contributed by atoms with E-state index >= 15 is 0 Å². The molecule has 2 N–H and O–H groups in total. The van der Waals surface area contributed by atoms with Gasteiger partial charge in [-0.25, -0.2) is 12.7 Å². The minimum Gasteiger partial charge on any atom is -0.478 e. The highest BCUT2D eigenvalue weighted by molar-refractivity contribution is 7.90. The maximum atomic E-state index is 12.5. The van der Waals surface area contributed by atoms with Crippen molar-refractivity contribution in [3.05, 3.63) is 42.7 Å². The molecule has 0 atom stereocenters. The Morgan fingerprint density at radius 3 is 2.66 bits per heavy atom. The molecule has 6 rings (SSSR count). The van der Waals surface area contributed by atoms with Crippen molar-refractivity contribution in [1.29, 1.82) is 0 Å². The van der Waals surface area contributed by atoms with E-state index in [4.69, 9.17) is 18.3 Å². The van der Waals surface area contributed by atoms with Gasteiger partial charge in [-0.3, -0.25) is 4.98 Å². The summed E-state index contributed by atoms with van der Waals surface area (Å²) in [6.07, 6.45) is 6.54. The Hall–Kier alpha value is -3.18. The monoisotopic (exact) mass is 488 g/mol. The number of pyridine rings is 1. The Labute approximate surface area is 204 Å². The summed E-state index contributed by atoms with van der Waals surface area (Å²) in [6.45, 7) is 1.45. The third kappa shape index (κ3) is 4.02. The largest absolute Gasteiger partial charge is 0.478 e. The van der Waals surface area contributed by atoms with Gasteiger partial charge in [0.05, 0.1) is 23.6 Å². The quantitative estimate of drug-likeness (QED) is 0.412. The second-order valence-corrected chi connectivity index (χ2v) is 11.5. The molecule has 2 radical (unpaired) electrons. The van der Waals surface area contributed by atoms with Crippen molar-refractivity contribution < 1.29 is 13.2 Å². The molecule has 0 amide bonds. The normalized spacial score (nSPS) is 17.8. The molecule has 35 heavy (non-hydrogen) atoms. The number of piperidine rings is 1. The molecule has 178 valence electrons. The van der Waals surface area contributed by atoms with Crippen molar-refractivity contribution in [3.8, 4) is 17.0 Å². The van der Waals surface area contributed by atoms with Crippen LogP contribution >= 0.6 is 0 Å². The maximum Gasteiger partial charge on any atom is 0.216 e. The van der Waals surface area contributed by atoms with Crippen LogP contribution in [0.25, 0.3) is 27.7 Å². The van der Waals surface area contributed by atoms with Gasteiger partial charge in [0, 0.05) is 41.3 Å². The van der Waals surface area contributed by atoms with Crippen LogP contribution in [-0.4, -0.2) is 65.1 Å². The lowest BCUT2D eigenvalue weighted by molar-refractivity contribution is 0.182. The molecule has 1 aromatic carbocycles. The molecule has 4 heterocycles. The van der Waals surface area contributed by atoms with Crippen molar-refractivity contribution in [2.45, 2.75) is 30.9 Å². The lowest BCUT2D eigenvalue weighted by Gasteiger charge is -2.31. The lowest BCUT2D eigenvalue weighted by Crippen LogP contribution is -2.41. The number of fused-ring (bicyclic) bond motifs is 2. The van der Waals surface area contributed by atoms with Crippen LogP contribution in [0.4, 0.5) is 5.82 Å². The van der Waals surface area contributed by atoms with E-state index in [1.807, 2.05) is 30.3 Å². The SMILES string of the molecule is [B]c1c(OCC2CCN(S(=O)(=O)C3CC3)CC2)nc2c(-c3cnc4ccccc4c3)cnn2c1N. The van der Waals surface area contributed by atoms with E-state index in [1.54, 1.807) is 16.7 Å². The smallest absolute Gasteiger partial charge is 0.216 e. The topological polar surface area (TPSA) is 116 Å². The summed E-state index contributed by atoms with van der Waals surface area (Å²) in [4.78, 5) is 9.20. The zero-order valence-corrected chi connectivity index (χ0v) is 20.0. The number of hydrogen-bond donors (Lipinski definition) is 1. The van der Waals surface area contributed by atoms with E-state index in [0.717, 1.165) is 47.7 Å². The number of nitrogens with two attached hydrogens (primary N) is 1. The predicted octanol–water partition coefficient (Wildman–Crippen LogP) is 1.90. The zero-order chi connectivity index (χ0) is 24.2. The third-order valence-corrected chi connectivity index (χ3v) is 9.32. The van der Waals surface area contributed by atoms with Gasteiger partial charge >= 0.3 is 0 Å². The molecule has 3 aromatic heterocycles. The van der Waals surface area contributed by atoms with Crippen molar-refractivity contribution in [1.82, 2.24) is 23.9 Å². The number of hydrogen-bond acceptors (Lipinski definition) is 7. The van der Waals surface area contributed by atoms with Gasteiger partial charge < -0.3 is 10.5 Å². The fourth-order valence-electron chi connectivity index (χ4n) is 4.64. The lowest BCUT2D eigenvalue weighted by atomic mass is 9.97. The van der Waals surface area contributed by atoms with Crippen LogP contribution in [0.1, 0.15) is 25.7 Å². The van der Waals surface area contributed by atoms with Crippen LogP contribution in [0.5, 0.6) is 5.88 Å². The highest BCUT2D eigenvalue weighted by atomic mass is 32.2. The fourth-order valence-corrected chi connectivity index (χ4v) is 6.52. The van der Waals surface area contributed by atoms with Gasteiger partial charge in [0.25, 0.3) is 0 Å². The van der Waals surface area contributed by atoms with E-state index in [1.165, 1.54) is 4.52 Å². The number of anilines is 1. The Morgan fingerprint density at radius 1 is 1.11 bits per heavy atom. The first-order valence-electron chi connectivity index (χ1n) is 11.8. The Kier molecular flexibility index (Phi) is 5.41. The van der Waals surface area contributed by atoms with Gasteiger partial charge in [0.1, 0.15) is 13.7 Å². The van der Waals surface area contributed by atoms with E-state index in [0.29, 0.717) is 25.3 Å². The van der Waals surface area contributed by atoms with Crippen LogP contribution in [0.3, 0.4) is 0 Å². The van der Waals surface area contributed by atoms with Crippen LogP contribution < -0.4 is 15.9 Å². The Morgan fingerprint density at radius 2 is 1.89 bits per heavy atom. The van der Waals surface area contributed by atoms with Crippen LogP contribution in [0.2, 0.25) is 0 Å². The maximum absolute atomic E-state index is 12.5. The molecule has 4 aromatic rings. The number of para-hydroxylation sites is 1. The first-order valence-corrected chi connectivity index (χ1v) is 13.3. The molecular weight excluding hydrogens is 463 g/mol. The highest BCUT2D eigenvalue weighted by Crippen LogP contribution is 2.33. The summed E-state index contributed by atoms with van der Waals surface area (Å²) in [7, 11) is 3.11. The van der Waals surface area contributed by atoms with Gasteiger partial charge in [0.2, 0.25) is 15.9 Å². The highest BCUT2D eigenvalue weighted by Gasteiger charge is 2.41. The first kappa shape index (κ1) is 22.3. The number of rotatable bonds is 6. The number of nitrogens with zero attached hydrogens (tertiary/aromatic N) is 5. The molecule has 2 aliphatic rings. The van der Waals surface area contributed by atoms with Crippen molar-refractivity contribution in [3.63, 3.8) is 0 Å². The molecule has 11 heteroatoms. The molecule has 1 saturated heterocycles. The van der Waals surface area contributed by atoms with Gasteiger partial charge in [-0.15, -0.1) is 0 Å². The molecule has 0 spiro atoms. The molecule has 9 nitrogen and oxygen atoms in total. The molecule has 2 fully saturated rings. The number of sulfonamides is 1. The molecule has 0 bridgehead atoms. The zero-order valence-electron chi connectivity index (χ0n) is 19.2. The van der Waals surface area contributed by atoms with Crippen molar-refractivity contribution in [2.75, 3.05) is 25.4 Å². The molecule has 1 aliphatic heterocycles. The minimum absolute atomic E-state index is 0.170. The second kappa shape index (κ2) is 8.49. The Balaban J connectivity index is 1.22. The van der Waals surface area contributed by atoms with Crippen LogP contribution in [0.15, 0.2) is 42.7 Å². The molecular formula is C24H25BN6O3S. The summed E-state index contributed by atoms with van der Waals surface area (Å²) in [5, 5.41) is 5.22. The number of nitrogen functional groups attached to an aromatic ring is 1. The Bertz CT molecular complexity index is 1530. The summed E-state index contributed by atoms with van der Waals surface area (Å²) < 4.78 is 34.1. The molecule has 1 aliphatic carbocycles. The standard InChI is InChI=1S/C24H25BN6O3S/c25-21-22(26)31-23(19(13-28-31)17-11-16-3-1-2-4-20(16)27-12-17)29-24(21)34-14-15-7-9-30(10-8-15)35(32,33)18-5-6-18/h1-4,11-13,15,18H,5-10,14,26H2. The van der Waals surface area contributed by atoms with Gasteiger partial charge in [-0.1, -0.05) is 18.2 Å². The molecule has 1 saturated carbocycles. The predicted molar refractivity (Wildman–Crippen MR) is 135 cm³/mol. The number of aromatic nitrogens is 4. The van der Waals surface area contributed by atoms with E-state index < -0.39 is 10.0 Å². The van der Waals surface area contributed by atoms with Gasteiger partial charge in [-0.2, -0.15) is 14.6 Å².